The second-order valence-electron chi connectivity index (χ2n) is 7.48. The van der Waals surface area contributed by atoms with Crippen molar-refractivity contribution in [1.29, 1.82) is 0 Å². The van der Waals surface area contributed by atoms with Crippen molar-refractivity contribution >= 4 is 6.09 Å². The summed E-state index contributed by atoms with van der Waals surface area (Å²) in [5.74, 6) is 0. The fourth-order valence-electron chi connectivity index (χ4n) is 2.98. The summed E-state index contributed by atoms with van der Waals surface area (Å²) in [7, 11) is 0. The maximum Gasteiger partial charge on any atom is 0.410 e. The molecule has 0 radical (unpaired) electrons. The van der Waals surface area contributed by atoms with Gasteiger partial charge in [0.2, 0.25) is 0 Å². The summed E-state index contributed by atoms with van der Waals surface area (Å²) < 4.78 is 5.48. The standard InChI is InChI=1S/C18H37N3O2/c1-6-12-20(7-2)15-11-19-16-9-8-13-21(14-10-16)17(22)23-18(3,4)5/h16,19H,6-15H2,1-5H3. The van der Waals surface area contributed by atoms with Crippen LogP contribution in [0.25, 0.3) is 0 Å². The molecule has 0 spiro atoms. The lowest BCUT2D eigenvalue weighted by Gasteiger charge is -2.26. The van der Waals surface area contributed by atoms with Crippen molar-refractivity contribution in [3.8, 4) is 0 Å². The second-order valence-corrected chi connectivity index (χ2v) is 7.48. The molecular formula is C18H37N3O2. The minimum absolute atomic E-state index is 0.168. The molecule has 1 aliphatic heterocycles. The van der Waals surface area contributed by atoms with E-state index in [1.54, 1.807) is 0 Å². The predicted molar refractivity (Wildman–Crippen MR) is 95.9 cm³/mol. The van der Waals surface area contributed by atoms with Gasteiger partial charge in [-0.05, 0) is 59.5 Å². The Balaban J connectivity index is 2.31. The maximum atomic E-state index is 12.2. The molecule has 1 atom stereocenters. The number of amides is 1. The number of ether oxygens (including phenoxy) is 1. The van der Waals surface area contributed by atoms with Gasteiger partial charge in [0.25, 0.3) is 0 Å². The molecule has 0 bridgehead atoms. The van der Waals surface area contributed by atoms with E-state index in [4.69, 9.17) is 4.74 Å². The molecule has 5 nitrogen and oxygen atoms in total. The minimum Gasteiger partial charge on any atom is -0.444 e. The van der Waals surface area contributed by atoms with Crippen LogP contribution in [-0.2, 0) is 4.74 Å². The number of carbonyl (C=O) groups is 1. The van der Waals surface area contributed by atoms with Crippen LogP contribution < -0.4 is 5.32 Å². The Morgan fingerprint density at radius 2 is 1.96 bits per heavy atom. The highest BCUT2D eigenvalue weighted by Gasteiger charge is 2.24. The van der Waals surface area contributed by atoms with Gasteiger partial charge in [-0.25, -0.2) is 4.79 Å². The first-order chi connectivity index (χ1) is 10.9. The van der Waals surface area contributed by atoms with Crippen LogP contribution in [-0.4, -0.2) is 66.8 Å². The molecule has 1 fully saturated rings. The third-order valence-corrected chi connectivity index (χ3v) is 4.23. The van der Waals surface area contributed by atoms with Gasteiger partial charge in [-0.15, -0.1) is 0 Å². The van der Waals surface area contributed by atoms with Crippen molar-refractivity contribution in [2.24, 2.45) is 0 Å². The Hall–Kier alpha value is -0.810. The smallest absolute Gasteiger partial charge is 0.410 e. The van der Waals surface area contributed by atoms with E-state index in [-0.39, 0.29) is 6.09 Å². The number of carbonyl (C=O) groups excluding carboxylic acids is 1. The highest BCUT2D eigenvalue weighted by atomic mass is 16.6. The van der Waals surface area contributed by atoms with E-state index in [1.807, 2.05) is 25.7 Å². The van der Waals surface area contributed by atoms with Crippen LogP contribution >= 0.6 is 0 Å². The van der Waals surface area contributed by atoms with Gasteiger partial charge in [0.15, 0.2) is 0 Å². The van der Waals surface area contributed by atoms with Gasteiger partial charge in [-0.1, -0.05) is 13.8 Å². The van der Waals surface area contributed by atoms with Gasteiger partial charge in [0, 0.05) is 32.2 Å². The van der Waals surface area contributed by atoms with Gasteiger partial charge in [0.05, 0.1) is 0 Å². The molecule has 1 unspecified atom stereocenters. The zero-order valence-electron chi connectivity index (χ0n) is 15.9. The summed E-state index contributed by atoms with van der Waals surface area (Å²) in [6.07, 6.45) is 4.24. The topological polar surface area (TPSA) is 44.8 Å². The third kappa shape index (κ3) is 8.56. The van der Waals surface area contributed by atoms with Crippen molar-refractivity contribution in [2.45, 2.75) is 71.9 Å². The number of likely N-dealkylation sites (tertiary alicyclic amines) is 1. The summed E-state index contributed by atoms with van der Waals surface area (Å²) in [5.41, 5.74) is -0.413. The van der Waals surface area contributed by atoms with Crippen LogP contribution in [0.3, 0.4) is 0 Å². The quantitative estimate of drug-likeness (QED) is 0.780. The number of hydrogen-bond acceptors (Lipinski definition) is 4. The summed E-state index contributed by atoms with van der Waals surface area (Å²) >= 11 is 0. The first kappa shape index (κ1) is 20.2. The monoisotopic (exact) mass is 327 g/mol. The normalized spacial score (nSPS) is 19.7. The Bertz CT molecular complexity index is 342. The molecule has 0 aromatic rings. The Morgan fingerprint density at radius 3 is 2.57 bits per heavy atom. The van der Waals surface area contributed by atoms with Crippen LogP contribution in [0.5, 0.6) is 0 Å². The largest absolute Gasteiger partial charge is 0.444 e. The number of rotatable bonds is 7. The van der Waals surface area contributed by atoms with Gasteiger partial charge in [-0.3, -0.25) is 0 Å². The van der Waals surface area contributed by atoms with E-state index in [2.05, 4.69) is 24.1 Å². The number of nitrogens with zero attached hydrogens (tertiary/aromatic N) is 2. The van der Waals surface area contributed by atoms with E-state index in [0.717, 1.165) is 52.0 Å². The molecule has 1 amide bonds. The molecule has 0 aliphatic carbocycles. The Morgan fingerprint density at radius 1 is 1.22 bits per heavy atom. The highest BCUT2D eigenvalue weighted by molar-refractivity contribution is 5.68. The molecule has 0 aromatic carbocycles. The Labute approximate surface area is 142 Å². The summed E-state index contributed by atoms with van der Waals surface area (Å²) in [4.78, 5) is 16.5. The molecule has 1 heterocycles. The summed E-state index contributed by atoms with van der Waals surface area (Å²) in [6, 6.07) is 0.516. The van der Waals surface area contributed by atoms with E-state index < -0.39 is 5.60 Å². The summed E-state index contributed by atoms with van der Waals surface area (Å²) in [5, 5.41) is 3.67. The maximum absolute atomic E-state index is 12.2. The number of likely N-dealkylation sites (N-methyl/N-ethyl adjacent to an activating group) is 1. The first-order valence-electron chi connectivity index (χ1n) is 9.29. The fourth-order valence-corrected chi connectivity index (χ4v) is 2.98. The third-order valence-electron chi connectivity index (χ3n) is 4.23. The van der Waals surface area contributed by atoms with E-state index in [1.165, 1.54) is 13.0 Å². The molecule has 0 saturated carbocycles. The zero-order chi connectivity index (χ0) is 17.3. The molecule has 1 N–H and O–H groups in total. The van der Waals surface area contributed by atoms with Crippen molar-refractivity contribution in [3.63, 3.8) is 0 Å². The van der Waals surface area contributed by atoms with E-state index in [9.17, 15) is 4.79 Å². The Kier molecular flexibility index (Phi) is 8.92. The molecule has 1 rings (SSSR count). The van der Waals surface area contributed by atoms with E-state index >= 15 is 0 Å². The van der Waals surface area contributed by atoms with Gasteiger partial charge >= 0.3 is 6.09 Å². The van der Waals surface area contributed by atoms with Crippen molar-refractivity contribution in [2.75, 3.05) is 39.3 Å². The van der Waals surface area contributed by atoms with Gasteiger partial charge < -0.3 is 19.9 Å². The van der Waals surface area contributed by atoms with Gasteiger partial charge in [0.1, 0.15) is 5.60 Å². The molecule has 23 heavy (non-hydrogen) atoms. The van der Waals surface area contributed by atoms with Crippen LogP contribution in [0.15, 0.2) is 0 Å². The van der Waals surface area contributed by atoms with Gasteiger partial charge in [-0.2, -0.15) is 0 Å². The molecule has 1 aliphatic rings. The van der Waals surface area contributed by atoms with Crippen LogP contribution in [0.4, 0.5) is 4.79 Å². The highest BCUT2D eigenvalue weighted by Crippen LogP contribution is 2.15. The van der Waals surface area contributed by atoms with Crippen LogP contribution in [0.1, 0.15) is 60.3 Å². The molecular weight excluding hydrogens is 290 g/mol. The lowest BCUT2D eigenvalue weighted by atomic mass is 10.1. The predicted octanol–water partition coefficient (Wildman–Crippen LogP) is 3.10. The zero-order valence-corrected chi connectivity index (χ0v) is 15.9. The molecule has 136 valence electrons. The first-order valence-corrected chi connectivity index (χ1v) is 9.29. The van der Waals surface area contributed by atoms with Crippen molar-refractivity contribution in [1.82, 2.24) is 15.1 Å². The lowest BCUT2D eigenvalue weighted by molar-refractivity contribution is 0.0256. The molecule has 1 saturated heterocycles. The van der Waals surface area contributed by atoms with Crippen LogP contribution in [0, 0.1) is 0 Å². The SMILES string of the molecule is CCCN(CC)CCNC1CCCN(C(=O)OC(C)(C)C)CC1. The van der Waals surface area contributed by atoms with Crippen molar-refractivity contribution in [3.05, 3.63) is 0 Å². The molecule has 5 heteroatoms. The average molecular weight is 328 g/mol. The average Bonchev–Trinajstić information content (AvgIpc) is 2.70. The molecule has 0 aromatic heterocycles. The fraction of sp³-hybridized carbons (Fsp3) is 0.944. The van der Waals surface area contributed by atoms with Crippen molar-refractivity contribution < 1.29 is 9.53 Å². The lowest BCUT2D eigenvalue weighted by Crippen LogP contribution is -2.39. The van der Waals surface area contributed by atoms with E-state index in [0.29, 0.717) is 6.04 Å². The minimum atomic E-state index is -0.413. The van der Waals surface area contributed by atoms with Crippen LogP contribution in [0.2, 0.25) is 0 Å². The number of nitrogens with one attached hydrogen (secondary N) is 1. The summed E-state index contributed by atoms with van der Waals surface area (Å²) in [6.45, 7) is 16.2. The number of hydrogen-bond donors (Lipinski definition) is 1. The second kappa shape index (κ2) is 10.1.